The van der Waals surface area contributed by atoms with Crippen molar-refractivity contribution in [1.82, 2.24) is 0 Å². The Kier molecular flexibility index (Phi) is 11.1. The highest BCUT2D eigenvalue weighted by atomic mass is 35.5. The fourth-order valence-corrected chi connectivity index (χ4v) is 3.44. The number of amides is 1. The average molecular weight is 527 g/mol. The third kappa shape index (κ3) is 8.20. The zero-order valence-electron chi connectivity index (χ0n) is 18.4. The molecule has 5 nitrogen and oxygen atoms in total. The van der Waals surface area contributed by atoms with Crippen LogP contribution >= 0.6 is 34.8 Å². The molecular formula is C25H23Cl3FNO4. The molecule has 0 unspecified atom stereocenters. The molecule has 0 aliphatic rings. The number of carbonyl (C=O) groups excluding carboxylic acids is 2. The van der Waals surface area contributed by atoms with Crippen molar-refractivity contribution in [2.45, 2.75) is 19.8 Å². The standard InChI is InChI=1S/C25H23Cl3FNO4/c1-3-5-7-17(26)8-6-13-34-21-12-10-18(27)23(24(21)29)25(32)30-20-11-9-16(14-19(20)28)15-22(31)33-4-2/h3,5,7-12,14H,1,4,6,13,15H2,2H3,(H,30,32)/b7-5-,17-8+. The lowest BCUT2D eigenvalue weighted by Crippen LogP contribution is -2.16. The van der Waals surface area contributed by atoms with Crippen molar-refractivity contribution in [3.8, 4) is 5.75 Å². The summed E-state index contributed by atoms with van der Waals surface area (Å²) < 4.78 is 25.4. The summed E-state index contributed by atoms with van der Waals surface area (Å²) in [5.41, 5.74) is 0.456. The van der Waals surface area contributed by atoms with Crippen molar-refractivity contribution in [2.24, 2.45) is 0 Å². The van der Waals surface area contributed by atoms with Gasteiger partial charge in [-0.05, 0) is 42.8 Å². The molecule has 0 radical (unpaired) electrons. The average Bonchev–Trinajstić information content (AvgIpc) is 2.78. The van der Waals surface area contributed by atoms with Gasteiger partial charge in [0.05, 0.1) is 40.9 Å². The quantitative estimate of drug-likeness (QED) is 0.192. The monoisotopic (exact) mass is 525 g/mol. The Morgan fingerprint density at radius 1 is 1.18 bits per heavy atom. The van der Waals surface area contributed by atoms with Gasteiger partial charge < -0.3 is 14.8 Å². The molecule has 0 bridgehead atoms. The summed E-state index contributed by atoms with van der Waals surface area (Å²) in [6.45, 7) is 5.67. The maximum absolute atomic E-state index is 15.0. The normalized spacial score (nSPS) is 11.4. The zero-order chi connectivity index (χ0) is 25.1. The molecule has 0 aromatic heterocycles. The maximum atomic E-state index is 15.0. The molecule has 0 saturated carbocycles. The van der Waals surface area contributed by atoms with Crippen molar-refractivity contribution in [3.63, 3.8) is 0 Å². The minimum absolute atomic E-state index is 0.0343. The molecule has 9 heteroatoms. The fourth-order valence-electron chi connectivity index (χ4n) is 2.78. The Morgan fingerprint density at radius 3 is 2.62 bits per heavy atom. The Labute approximate surface area is 212 Å². The minimum atomic E-state index is -0.901. The molecule has 0 fully saturated rings. The highest BCUT2D eigenvalue weighted by Gasteiger charge is 2.21. The first kappa shape index (κ1) is 27.4. The molecule has 2 aromatic rings. The number of rotatable bonds is 11. The Hall–Kier alpha value is -2.80. The van der Waals surface area contributed by atoms with E-state index in [1.54, 1.807) is 37.3 Å². The van der Waals surface area contributed by atoms with Crippen molar-refractivity contribution < 1.29 is 23.5 Å². The van der Waals surface area contributed by atoms with Crippen molar-refractivity contribution in [3.05, 3.63) is 93.2 Å². The largest absolute Gasteiger partial charge is 0.490 e. The Morgan fingerprint density at radius 2 is 1.94 bits per heavy atom. The number of hydrogen-bond donors (Lipinski definition) is 1. The number of benzene rings is 2. The summed E-state index contributed by atoms with van der Waals surface area (Å²) >= 11 is 18.3. The van der Waals surface area contributed by atoms with E-state index in [0.29, 0.717) is 17.0 Å². The number of allylic oxidation sites excluding steroid dienone is 4. The molecule has 0 saturated heterocycles. The van der Waals surface area contributed by atoms with Gasteiger partial charge in [-0.25, -0.2) is 4.39 Å². The second kappa shape index (κ2) is 13.8. The molecule has 0 heterocycles. The third-order valence-electron chi connectivity index (χ3n) is 4.32. The first-order valence-electron chi connectivity index (χ1n) is 10.3. The Balaban J connectivity index is 2.10. The van der Waals surface area contributed by atoms with Crippen LogP contribution in [0, 0.1) is 5.82 Å². The lowest BCUT2D eigenvalue weighted by molar-refractivity contribution is -0.142. The van der Waals surface area contributed by atoms with Gasteiger partial charge in [0, 0.05) is 11.5 Å². The van der Waals surface area contributed by atoms with E-state index in [2.05, 4.69) is 11.9 Å². The van der Waals surface area contributed by atoms with Crippen LogP contribution in [-0.4, -0.2) is 25.1 Å². The van der Waals surface area contributed by atoms with Crippen LogP contribution < -0.4 is 10.1 Å². The van der Waals surface area contributed by atoms with Crippen LogP contribution in [0.5, 0.6) is 5.75 Å². The first-order chi connectivity index (χ1) is 16.3. The van der Waals surface area contributed by atoms with E-state index in [9.17, 15) is 9.59 Å². The van der Waals surface area contributed by atoms with Crippen LogP contribution in [0.4, 0.5) is 10.1 Å². The lowest BCUT2D eigenvalue weighted by atomic mass is 10.1. The van der Waals surface area contributed by atoms with E-state index in [-0.39, 0.29) is 46.7 Å². The van der Waals surface area contributed by atoms with E-state index in [4.69, 9.17) is 44.3 Å². The van der Waals surface area contributed by atoms with Crippen LogP contribution in [0.2, 0.25) is 10.0 Å². The molecule has 2 rings (SSSR count). The molecule has 0 aliphatic heterocycles. The van der Waals surface area contributed by atoms with Crippen LogP contribution in [0.25, 0.3) is 0 Å². The molecule has 180 valence electrons. The minimum Gasteiger partial charge on any atom is -0.490 e. The number of nitrogens with one attached hydrogen (secondary N) is 1. The fraction of sp³-hybridized carbons (Fsp3) is 0.200. The van der Waals surface area contributed by atoms with Crippen LogP contribution in [0.15, 0.2) is 66.2 Å². The second-order valence-electron chi connectivity index (χ2n) is 6.81. The Bertz CT molecular complexity index is 1120. The van der Waals surface area contributed by atoms with Crippen LogP contribution in [-0.2, 0) is 16.0 Å². The molecule has 0 spiro atoms. The first-order valence-corrected chi connectivity index (χ1v) is 11.4. The second-order valence-corrected chi connectivity index (χ2v) is 8.06. The van der Waals surface area contributed by atoms with Gasteiger partial charge in [0.15, 0.2) is 11.6 Å². The smallest absolute Gasteiger partial charge is 0.310 e. The van der Waals surface area contributed by atoms with Gasteiger partial charge in [0.1, 0.15) is 0 Å². The summed E-state index contributed by atoms with van der Waals surface area (Å²) in [6, 6.07) is 7.36. The summed E-state index contributed by atoms with van der Waals surface area (Å²) in [7, 11) is 0. The number of halogens is 4. The molecule has 2 aromatic carbocycles. The van der Waals surface area contributed by atoms with Crippen molar-refractivity contribution >= 4 is 52.4 Å². The molecule has 0 aliphatic carbocycles. The lowest BCUT2D eigenvalue weighted by Gasteiger charge is -2.13. The van der Waals surface area contributed by atoms with Crippen molar-refractivity contribution in [2.75, 3.05) is 18.5 Å². The SMILES string of the molecule is C=C/C=C\C(Cl)=C/CCOc1ccc(Cl)c(C(=O)Nc2ccc(CC(=O)OCC)cc2Cl)c1F. The summed E-state index contributed by atoms with van der Waals surface area (Å²) in [5.74, 6) is -2.23. The van der Waals surface area contributed by atoms with Crippen LogP contribution in [0.3, 0.4) is 0 Å². The highest BCUT2D eigenvalue weighted by molar-refractivity contribution is 6.36. The van der Waals surface area contributed by atoms with E-state index >= 15 is 4.39 Å². The van der Waals surface area contributed by atoms with E-state index in [1.165, 1.54) is 24.3 Å². The predicted molar refractivity (Wildman–Crippen MR) is 135 cm³/mol. The molecule has 0 atom stereocenters. The van der Waals surface area contributed by atoms with Gasteiger partial charge in [-0.15, -0.1) is 0 Å². The number of esters is 1. The van der Waals surface area contributed by atoms with Gasteiger partial charge in [-0.3, -0.25) is 9.59 Å². The van der Waals surface area contributed by atoms with Crippen LogP contribution in [0.1, 0.15) is 29.3 Å². The van der Waals surface area contributed by atoms with E-state index < -0.39 is 17.7 Å². The van der Waals surface area contributed by atoms with Crippen molar-refractivity contribution in [1.29, 1.82) is 0 Å². The topological polar surface area (TPSA) is 64.6 Å². The third-order valence-corrected chi connectivity index (χ3v) is 5.23. The summed E-state index contributed by atoms with van der Waals surface area (Å²) in [6.07, 6.45) is 7.09. The van der Waals surface area contributed by atoms with Gasteiger partial charge in [-0.1, -0.05) is 65.7 Å². The molecular weight excluding hydrogens is 504 g/mol. The maximum Gasteiger partial charge on any atom is 0.310 e. The van der Waals surface area contributed by atoms with Gasteiger partial charge in [0.25, 0.3) is 5.91 Å². The molecule has 1 amide bonds. The van der Waals surface area contributed by atoms with Gasteiger partial charge in [0.2, 0.25) is 0 Å². The van der Waals surface area contributed by atoms with Gasteiger partial charge in [-0.2, -0.15) is 0 Å². The number of hydrogen-bond acceptors (Lipinski definition) is 4. The molecule has 1 N–H and O–H groups in total. The van der Waals surface area contributed by atoms with E-state index in [0.717, 1.165) is 0 Å². The molecule has 34 heavy (non-hydrogen) atoms. The predicted octanol–water partition coefficient (Wildman–Crippen LogP) is 7.12. The summed E-state index contributed by atoms with van der Waals surface area (Å²) in [4.78, 5) is 24.4. The number of carbonyl (C=O) groups is 2. The highest BCUT2D eigenvalue weighted by Crippen LogP contribution is 2.30. The zero-order valence-corrected chi connectivity index (χ0v) is 20.6. The number of anilines is 1. The number of ether oxygens (including phenoxy) is 2. The summed E-state index contributed by atoms with van der Waals surface area (Å²) in [5, 5.41) is 3.11. The van der Waals surface area contributed by atoms with Gasteiger partial charge >= 0.3 is 5.97 Å². The van der Waals surface area contributed by atoms with E-state index in [1.807, 2.05) is 0 Å².